The van der Waals surface area contributed by atoms with Crippen LogP contribution in [0.4, 0.5) is 5.82 Å². The molecule has 0 amide bonds. The van der Waals surface area contributed by atoms with Crippen LogP contribution in [-0.4, -0.2) is 16.5 Å². The van der Waals surface area contributed by atoms with Crippen molar-refractivity contribution in [2.24, 2.45) is 0 Å². The molecule has 5 heteroatoms. The first-order valence-corrected chi connectivity index (χ1v) is 6.90. The molecule has 4 nitrogen and oxygen atoms in total. The van der Waals surface area contributed by atoms with Gasteiger partial charge in [-0.05, 0) is 43.0 Å². The van der Waals surface area contributed by atoms with E-state index in [0.29, 0.717) is 5.22 Å². The van der Waals surface area contributed by atoms with Crippen LogP contribution >= 0.6 is 11.8 Å². The molecular weight excluding hydrogens is 258 g/mol. The molecule has 0 radical (unpaired) electrons. The van der Waals surface area contributed by atoms with E-state index >= 15 is 0 Å². The molecule has 0 atom stereocenters. The maximum absolute atomic E-state index is 5.68. The van der Waals surface area contributed by atoms with Gasteiger partial charge in [-0.15, -0.1) is 0 Å². The van der Waals surface area contributed by atoms with Gasteiger partial charge in [-0.1, -0.05) is 12.1 Å². The lowest BCUT2D eigenvalue weighted by Gasteiger charge is -2.02. The van der Waals surface area contributed by atoms with Gasteiger partial charge in [-0.3, -0.25) is 0 Å². The fraction of sp³-hybridized carbons (Fsp3) is 0.143. The smallest absolute Gasteiger partial charge is 0.261 e. The van der Waals surface area contributed by atoms with Crippen LogP contribution in [0.1, 0.15) is 6.92 Å². The second kappa shape index (κ2) is 5.32. The number of rotatable bonds is 4. The molecule has 0 spiro atoms. The molecule has 1 aromatic carbocycles. The summed E-state index contributed by atoms with van der Waals surface area (Å²) in [4.78, 5) is 9.73. The lowest BCUT2D eigenvalue weighted by Crippen LogP contribution is -1.98. The van der Waals surface area contributed by atoms with Crippen molar-refractivity contribution in [2.75, 3.05) is 11.9 Å². The van der Waals surface area contributed by atoms with Crippen molar-refractivity contribution < 1.29 is 4.42 Å². The molecule has 0 saturated heterocycles. The number of anilines is 1. The highest BCUT2D eigenvalue weighted by Crippen LogP contribution is 2.30. The zero-order chi connectivity index (χ0) is 13.1. The Morgan fingerprint density at radius 1 is 1.26 bits per heavy atom. The summed E-state index contributed by atoms with van der Waals surface area (Å²) in [5.74, 6) is 0.864. The number of para-hydroxylation sites is 2. The Morgan fingerprint density at radius 3 is 3.00 bits per heavy atom. The monoisotopic (exact) mass is 271 g/mol. The van der Waals surface area contributed by atoms with Crippen molar-refractivity contribution in [1.82, 2.24) is 9.97 Å². The van der Waals surface area contributed by atoms with E-state index in [2.05, 4.69) is 15.3 Å². The highest BCUT2D eigenvalue weighted by molar-refractivity contribution is 7.99. The van der Waals surface area contributed by atoms with Crippen LogP contribution in [0.3, 0.4) is 0 Å². The lowest BCUT2D eigenvalue weighted by molar-refractivity contribution is 0.489. The number of benzene rings is 1. The molecule has 0 aliphatic rings. The number of aromatic nitrogens is 2. The van der Waals surface area contributed by atoms with Crippen LogP contribution in [0.2, 0.25) is 0 Å². The van der Waals surface area contributed by atoms with Crippen LogP contribution < -0.4 is 5.32 Å². The maximum atomic E-state index is 5.68. The summed E-state index contributed by atoms with van der Waals surface area (Å²) in [5, 5.41) is 3.83. The quantitative estimate of drug-likeness (QED) is 0.782. The number of hydrogen-bond donors (Lipinski definition) is 1. The van der Waals surface area contributed by atoms with Gasteiger partial charge in [0.2, 0.25) is 0 Å². The highest BCUT2D eigenvalue weighted by Gasteiger charge is 2.07. The van der Waals surface area contributed by atoms with E-state index in [4.69, 9.17) is 4.42 Å². The van der Waals surface area contributed by atoms with Gasteiger partial charge in [0.1, 0.15) is 11.3 Å². The third-order valence-electron chi connectivity index (χ3n) is 2.57. The molecule has 0 aliphatic heterocycles. The molecule has 1 N–H and O–H groups in total. The van der Waals surface area contributed by atoms with E-state index in [9.17, 15) is 0 Å². The van der Waals surface area contributed by atoms with Gasteiger partial charge >= 0.3 is 0 Å². The van der Waals surface area contributed by atoms with E-state index in [1.165, 1.54) is 11.8 Å². The minimum atomic E-state index is 0.648. The van der Waals surface area contributed by atoms with E-state index < -0.39 is 0 Å². The number of nitrogens with one attached hydrogen (secondary N) is 1. The topological polar surface area (TPSA) is 51.0 Å². The summed E-state index contributed by atoms with van der Waals surface area (Å²) in [6.07, 6.45) is 1.78. The van der Waals surface area contributed by atoms with Gasteiger partial charge in [0.15, 0.2) is 5.58 Å². The first-order chi connectivity index (χ1) is 9.35. The highest BCUT2D eigenvalue weighted by atomic mass is 32.2. The van der Waals surface area contributed by atoms with Crippen LogP contribution in [0.15, 0.2) is 57.1 Å². The molecule has 3 rings (SSSR count). The Kier molecular flexibility index (Phi) is 3.37. The van der Waals surface area contributed by atoms with Crippen molar-refractivity contribution in [3.05, 3.63) is 42.6 Å². The molecule has 19 heavy (non-hydrogen) atoms. The Labute approximate surface area is 115 Å². The zero-order valence-electron chi connectivity index (χ0n) is 10.5. The van der Waals surface area contributed by atoms with Crippen molar-refractivity contribution in [1.29, 1.82) is 0 Å². The van der Waals surface area contributed by atoms with E-state index in [-0.39, 0.29) is 0 Å². The fourth-order valence-electron chi connectivity index (χ4n) is 1.75. The van der Waals surface area contributed by atoms with Gasteiger partial charge in [-0.25, -0.2) is 9.97 Å². The lowest BCUT2D eigenvalue weighted by atomic mass is 10.3. The van der Waals surface area contributed by atoms with E-state index in [1.54, 1.807) is 6.20 Å². The number of pyridine rings is 1. The number of nitrogens with zero attached hydrogens (tertiary/aromatic N) is 2. The van der Waals surface area contributed by atoms with Crippen LogP contribution in [-0.2, 0) is 0 Å². The standard InChI is InChI=1S/C14H13N3OS/c1-2-15-13-9-10(7-8-16-13)19-14-17-11-5-3-4-6-12(11)18-14/h3-9H,2H2,1H3,(H,15,16). The normalized spacial score (nSPS) is 10.8. The number of fused-ring (bicyclic) bond motifs is 1. The summed E-state index contributed by atoms with van der Waals surface area (Å²) in [7, 11) is 0. The Bertz CT molecular complexity index is 663. The number of hydrogen-bond acceptors (Lipinski definition) is 5. The average Bonchev–Trinajstić information content (AvgIpc) is 2.81. The summed E-state index contributed by atoms with van der Waals surface area (Å²) in [6, 6.07) is 11.7. The van der Waals surface area contributed by atoms with E-state index in [0.717, 1.165) is 28.4 Å². The predicted molar refractivity (Wildman–Crippen MR) is 76.5 cm³/mol. The Balaban J connectivity index is 1.85. The van der Waals surface area contributed by atoms with Crippen LogP contribution in [0.5, 0.6) is 0 Å². The van der Waals surface area contributed by atoms with Crippen molar-refractivity contribution in [2.45, 2.75) is 17.0 Å². The third kappa shape index (κ3) is 2.71. The minimum absolute atomic E-state index is 0.648. The summed E-state index contributed by atoms with van der Waals surface area (Å²) >= 11 is 1.50. The second-order valence-corrected chi connectivity index (χ2v) is 4.98. The van der Waals surface area contributed by atoms with Crippen molar-refractivity contribution in [3.8, 4) is 0 Å². The summed E-state index contributed by atoms with van der Waals surface area (Å²) in [6.45, 7) is 2.90. The largest absolute Gasteiger partial charge is 0.431 e. The van der Waals surface area contributed by atoms with Gasteiger partial charge in [0, 0.05) is 17.6 Å². The fourth-order valence-corrected chi connectivity index (χ4v) is 2.52. The molecule has 0 fully saturated rings. The van der Waals surface area contributed by atoms with Crippen LogP contribution in [0, 0.1) is 0 Å². The molecule has 0 saturated carbocycles. The first kappa shape index (κ1) is 12.0. The Morgan fingerprint density at radius 2 is 2.16 bits per heavy atom. The van der Waals surface area contributed by atoms with E-state index in [1.807, 2.05) is 43.3 Å². The van der Waals surface area contributed by atoms with Crippen molar-refractivity contribution in [3.63, 3.8) is 0 Å². The zero-order valence-corrected chi connectivity index (χ0v) is 11.3. The summed E-state index contributed by atoms with van der Waals surface area (Å²) in [5.41, 5.74) is 1.69. The second-order valence-electron chi connectivity index (χ2n) is 3.96. The van der Waals surface area contributed by atoms with Gasteiger partial charge in [0.05, 0.1) is 0 Å². The van der Waals surface area contributed by atoms with Gasteiger partial charge in [-0.2, -0.15) is 0 Å². The van der Waals surface area contributed by atoms with Gasteiger partial charge in [0.25, 0.3) is 5.22 Å². The molecule has 0 bridgehead atoms. The SMILES string of the molecule is CCNc1cc(Sc2nc3ccccc3o2)ccn1. The molecule has 2 aromatic heterocycles. The number of oxazole rings is 1. The maximum Gasteiger partial charge on any atom is 0.261 e. The minimum Gasteiger partial charge on any atom is -0.431 e. The van der Waals surface area contributed by atoms with Crippen molar-refractivity contribution >= 4 is 28.7 Å². The van der Waals surface area contributed by atoms with Gasteiger partial charge < -0.3 is 9.73 Å². The molecule has 96 valence electrons. The predicted octanol–water partition coefficient (Wildman–Crippen LogP) is 3.81. The molecule has 0 aliphatic carbocycles. The average molecular weight is 271 g/mol. The summed E-state index contributed by atoms with van der Waals surface area (Å²) < 4.78 is 5.68. The molecular formula is C14H13N3OS. The third-order valence-corrected chi connectivity index (χ3v) is 3.41. The molecule has 2 heterocycles. The first-order valence-electron chi connectivity index (χ1n) is 6.08. The van der Waals surface area contributed by atoms with Crippen LogP contribution in [0.25, 0.3) is 11.1 Å². The Hall–Kier alpha value is -2.01. The molecule has 0 unspecified atom stereocenters. The molecule has 3 aromatic rings.